The fraction of sp³-hybridized carbons (Fsp3) is 0.533. The molecule has 2 rings (SSSR count). The summed E-state index contributed by atoms with van der Waals surface area (Å²) in [5.74, 6) is -3.81. The van der Waals surface area contributed by atoms with Crippen LogP contribution in [0.25, 0.3) is 0 Å². The minimum Gasteiger partial charge on any atom is -0.345 e. The zero-order valence-corrected chi connectivity index (χ0v) is 12.4. The van der Waals surface area contributed by atoms with Gasteiger partial charge in [0.25, 0.3) is 5.91 Å². The molecule has 1 aliphatic rings. The number of hydrogen-bond acceptors (Lipinski definition) is 1. The summed E-state index contributed by atoms with van der Waals surface area (Å²) in [6.45, 7) is 2.05. The highest BCUT2D eigenvalue weighted by molar-refractivity contribution is 6.19. The number of amides is 1. The Morgan fingerprint density at radius 3 is 2.52 bits per heavy atom. The quantitative estimate of drug-likeness (QED) is 0.838. The van der Waals surface area contributed by atoms with E-state index in [9.17, 15) is 18.0 Å². The van der Waals surface area contributed by atoms with Gasteiger partial charge in [0.05, 0.1) is 5.54 Å². The zero-order valence-electron chi connectivity index (χ0n) is 11.7. The summed E-state index contributed by atoms with van der Waals surface area (Å²) >= 11 is 5.98. The van der Waals surface area contributed by atoms with Crippen LogP contribution in [0.4, 0.5) is 13.2 Å². The van der Waals surface area contributed by atoms with E-state index in [-0.39, 0.29) is 5.88 Å². The number of carbonyl (C=O) groups is 1. The molecule has 2 atom stereocenters. The van der Waals surface area contributed by atoms with Crippen LogP contribution in [0.5, 0.6) is 0 Å². The maximum atomic E-state index is 13.6. The van der Waals surface area contributed by atoms with Gasteiger partial charge in [0.2, 0.25) is 0 Å². The molecule has 0 bridgehead atoms. The Balaban J connectivity index is 2.24. The normalized spacial score (nSPS) is 25.7. The maximum absolute atomic E-state index is 13.6. The van der Waals surface area contributed by atoms with Crippen molar-refractivity contribution in [2.45, 2.75) is 38.1 Å². The Hall–Kier alpha value is -1.23. The zero-order chi connectivity index (χ0) is 15.6. The van der Waals surface area contributed by atoms with Gasteiger partial charge < -0.3 is 5.32 Å². The summed E-state index contributed by atoms with van der Waals surface area (Å²) in [6, 6.07) is 0.990. The lowest BCUT2D eigenvalue weighted by Gasteiger charge is -2.39. The molecule has 1 aliphatic carbocycles. The van der Waals surface area contributed by atoms with Crippen molar-refractivity contribution >= 4 is 17.5 Å². The topological polar surface area (TPSA) is 29.1 Å². The van der Waals surface area contributed by atoms with E-state index in [4.69, 9.17) is 11.6 Å². The third-order valence-corrected chi connectivity index (χ3v) is 4.47. The second kappa shape index (κ2) is 6.26. The number of rotatable bonds is 3. The highest BCUT2D eigenvalue weighted by Gasteiger charge is 2.36. The maximum Gasteiger partial charge on any atom is 0.257 e. The Bertz CT molecular complexity index is 529. The minimum atomic E-state index is -1.21. The fourth-order valence-corrected chi connectivity index (χ4v) is 3.30. The molecule has 6 heteroatoms. The molecule has 0 spiro atoms. The van der Waals surface area contributed by atoms with Gasteiger partial charge in [0.1, 0.15) is 23.0 Å². The van der Waals surface area contributed by atoms with Crippen molar-refractivity contribution in [3.63, 3.8) is 0 Å². The first kappa shape index (κ1) is 16.1. The van der Waals surface area contributed by atoms with Crippen LogP contribution in [0.3, 0.4) is 0 Å². The summed E-state index contributed by atoms with van der Waals surface area (Å²) in [5, 5.41) is 2.66. The van der Waals surface area contributed by atoms with Crippen molar-refractivity contribution in [2.24, 2.45) is 5.92 Å². The van der Waals surface area contributed by atoms with Crippen LogP contribution in [0.2, 0.25) is 0 Å². The summed E-state index contributed by atoms with van der Waals surface area (Å²) in [5.41, 5.74) is -1.43. The molecule has 0 aliphatic heterocycles. The first-order valence-electron chi connectivity index (χ1n) is 6.90. The van der Waals surface area contributed by atoms with E-state index in [1.807, 2.05) is 6.92 Å². The Kier molecular flexibility index (Phi) is 4.81. The SMILES string of the molecule is CC1CCCC(CCl)(NC(=O)c2c(F)cc(F)cc2F)C1. The summed E-state index contributed by atoms with van der Waals surface area (Å²) < 4.78 is 40.2. The molecule has 0 saturated heterocycles. The van der Waals surface area contributed by atoms with Crippen LogP contribution < -0.4 is 5.32 Å². The summed E-state index contributed by atoms with van der Waals surface area (Å²) in [6.07, 6.45) is 3.25. The fourth-order valence-electron chi connectivity index (χ4n) is 2.99. The van der Waals surface area contributed by atoms with E-state index in [1.54, 1.807) is 0 Å². The van der Waals surface area contributed by atoms with Crippen LogP contribution in [0.15, 0.2) is 12.1 Å². The lowest BCUT2D eigenvalue weighted by molar-refractivity contribution is 0.0858. The number of hydrogen-bond donors (Lipinski definition) is 1. The van der Waals surface area contributed by atoms with Crippen molar-refractivity contribution in [2.75, 3.05) is 5.88 Å². The molecule has 0 aromatic heterocycles. The van der Waals surface area contributed by atoms with E-state index in [0.29, 0.717) is 30.9 Å². The molecular formula is C15H17ClF3NO. The third-order valence-electron chi connectivity index (χ3n) is 3.96. The van der Waals surface area contributed by atoms with Crippen LogP contribution in [0, 0.1) is 23.4 Å². The lowest BCUT2D eigenvalue weighted by Crippen LogP contribution is -2.53. The average molecular weight is 320 g/mol. The molecule has 1 N–H and O–H groups in total. The molecule has 116 valence electrons. The highest BCUT2D eigenvalue weighted by atomic mass is 35.5. The lowest BCUT2D eigenvalue weighted by atomic mass is 9.77. The Morgan fingerprint density at radius 2 is 2.00 bits per heavy atom. The van der Waals surface area contributed by atoms with Gasteiger partial charge in [-0.1, -0.05) is 19.8 Å². The number of nitrogens with one attached hydrogen (secondary N) is 1. The van der Waals surface area contributed by atoms with Crippen molar-refractivity contribution < 1.29 is 18.0 Å². The van der Waals surface area contributed by atoms with Crippen LogP contribution in [0.1, 0.15) is 43.0 Å². The van der Waals surface area contributed by atoms with Crippen molar-refractivity contribution in [3.8, 4) is 0 Å². The van der Waals surface area contributed by atoms with Gasteiger partial charge >= 0.3 is 0 Å². The molecule has 21 heavy (non-hydrogen) atoms. The highest BCUT2D eigenvalue weighted by Crippen LogP contribution is 2.33. The first-order valence-corrected chi connectivity index (χ1v) is 7.43. The summed E-state index contributed by atoms with van der Waals surface area (Å²) in [4.78, 5) is 12.2. The Labute approximate surface area is 126 Å². The van der Waals surface area contributed by atoms with E-state index in [1.165, 1.54) is 0 Å². The van der Waals surface area contributed by atoms with Crippen LogP contribution >= 0.6 is 11.6 Å². The van der Waals surface area contributed by atoms with E-state index in [2.05, 4.69) is 5.32 Å². The average Bonchev–Trinajstić information content (AvgIpc) is 2.37. The van der Waals surface area contributed by atoms with E-state index < -0.39 is 34.5 Å². The number of benzene rings is 1. The van der Waals surface area contributed by atoms with Gasteiger partial charge in [0.15, 0.2) is 0 Å². The standard InChI is InChI=1S/C15H17ClF3NO/c1-9-3-2-4-15(7-9,8-16)20-14(21)13-11(18)5-10(17)6-12(13)19/h5-6,9H,2-4,7-8H2,1H3,(H,20,21). The molecule has 2 unspecified atom stereocenters. The van der Waals surface area contributed by atoms with Crippen LogP contribution in [-0.4, -0.2) is 17.3 Å². The molecule has 1 aromatic carbocycles. The first-order chi connectivity index (χ1) is 9.87. The van der Waals surface area contributed by atoms with Gasteiger partial charge in [-0.15, -0.1) is 11.6 Å². The van der Waals surface area contributed by atoms with Gasteiger partial charge in [0, 0.05) is 18.0 Å². The minimum absolute atomic E-state index is 0.174. The molecule has 1 amide bonds. The second-order valence-corrected chi connectivity index (χ2v) is 6.08. The molecule has 0 radical (unpaired) electrons. The molecule has 0 heterocycles. The molecule has 2 nitrogen and oxygen atoms in total. The summed E-state index contributed by atoms with van der Waals surface area (Å²) in [7, 11) is 0. The number of carbonyl (C=O) groups excluding carboxylic acids is 1. The monoisotopic (exact) mass is 319 g/mol. The van der Waals surface area contributed by atoms with E-state index >= 15 is 0 Å². The van der Waals surface area contributed by atoms with Gasteiger partial charge in [-0.2, -0.15) is 0 Å². The third kappa shape index (κ3) is 3.51. The predicted octanol–water partition coefficient (Wildman–Crippen LogP) is 4.02. The van der Waals surface area contributed by atoms with Gasteiger partial charge in [-0.3, -0.25) is 4.79 Å². The van der Waals surface area contributed by atoms with Crippen molar-refractivity contribution in [3.05, 3.63) is 35.1 Å². The molecule has 1 fully saturated rings. The van der Waals surface area contributed by atoms with Crippen molar-refractivity contribution in [1.29, 1.82) is 0 Å². The predicted molar refractivity (Wildman–Crippen MR) is 74.9 cm³/mol. The number of halogens is 4. The smallest absolute Gasteiger partial charge is 0.257 e. The largest absolute Gasteiger partial charge is 0.345 e. The van der Waals surface area contributed by atoms with Gasteiger partial charge in [-0.25, -0.2) is 13.2 Å². The van der Waals surface area contributed by atoms with Gasteiger partial charge in [-0.05, 0) is 18.8 Å². The van der Waals surface area contributed by atoms with Crippen LogP contribution in [-0.2, 0) is 0 Å². The second-order valence-electron chi connectivity index (χ2n) is 5.81. The molecule has 1 saturated carbocycles. The number of alkyl halides is 1. The van der Waals surface area contributed by atoms with E-state index in [0.717, 1.165) is 12.8 Å². The molecule has 1 aromatic rings. The Morgan fingerprint density at radius 1 is 1.38 bits per heavy atom. The molecular weight excluding hydrogens is 303 g/mol. The van der Waals surface area contributed by atoms with Crippen molar-refractivity contribution in [1.82, 2.24) is 5.32 Å².